The van der Waals surface area contributed by atoms with Crippen molar-refractivity contribution >= 4 is 11.7 Å². The maximum Gasteiger partial charge on any atom is 0.329 e. The van der Waals surface area contributed by atoms with Crippen LogP contribution in [0, 0.1) is 0 Å². The summed E-state index contributed by atoms with van der Waals surface area (Å²) in [6, 6.07) is 1.41. The van der Waals surface area contributed by atoms with Gasteiger partial charge in [0.05, 0.1) is 17.5 Å². The summed E-state index contributed by atoms with van der Waals surface area (Å²) in [7, 11) is 0. The third kappa shape index (κ3) is 2.83. The second-order valence-electron chi connectivity index (χ2n) is 6.78. The summed E-state index contributed by atoms with van der Waals surface area (Å²) in [5, 5.41) is 7.31. The molecule has 0 aliphatic carbocycles. The van der Waals surface area contributed by atoms with E-state index >= 15 is 0 Å². The van der Waals surface area contributed by atoms with Gasteiger partial charge in [0.15, 0.2) is 0 Å². The highest BCUT2D eigenvalue weighted by molar-refractivity contribution is 5.95. The summed E-state index contributed by atoms with van der Waals surface area (Å²) in [6.45, 7) is 4.19. The molecule has 2 N–H and O–H groups in total. The van der Waals surface area contributed by atoms with E-state index in [4.69, 9.17) is 0 Å². The van der Waals surface area contributed by atoms with Gasteiger partial charge in [-0.15, -0.1) is 0 Å². The molecular weight excluding hydrogens is 336 g/mol. The SMILES string of the molecule is CCn1c(=O)cc(N2CC[C@@H](NC(=O)c3cnn4c3CCC4)C2)[nH]c1=O. The standard InChI is InChI=1S/C17H22N6O3/c1-2-22-15(24)8-14(20-17(22)26)21-7-5-11(10-21)19-16(25)12-9-18-23-6-3-4-13(12)23/h8-9,11H,2-7,10H2,1H3,(H,19,25)(H,20,26)/t11-/m1/s1. The van der Waals surface area contributed by atoms with Gasteiger partial charge in [0.2, 0.25) is 0 Å². The van der Waals surface area contributed by atoms with Crippen molar-refractivity contribution < 1.29 is 4.79 Å². The molecule has 4 rings (SSSR count). The van der Waals surface area contributed by atoms with Crippen LogP contribution in [-0.4, -0.2) is 44.4 Å². The van der Waals surface area contributed by atoms with Gasteiger partial charge < -0.3 is 10.2 Å². The van der Waals surface area contributed by atoms with E-state index < -0.39 is 5.69 Å². The molecule has 4 heterocycles. The number of aromatic amines is 1. The van der Waals surface area contributed by atoms with Gasteiger partial charge in [-0.2, -0.15) is 5.10 Å². The lowest BCUT2D eigenvalue weighted by Gasteiger charge is -2.18. The summed E-state index contributed by atoms with van der Waals surface area (Å²) in [5.41, 5.74) is 0.942. The number of hydrogen-bond donors (Lipinski definition) is 2. The second-order valence-corrected chi connectivity index (χ2v) is 6.78. The van der Waals surface area contributed by atoms with Crippen molar-refractivity contribution in [3.05, 3.63) is 44.4 Å². The van der Waals surface area contributed by atoms with Gasteiger partial charge in [0.1, 0.15) is 5.82 Å². The highest BCUT2D eigenvalue weighted by atomic mass is 16.2. The molecule has 9 heteroatoms. The second kappa shape index (κ2) is 6.47. The fourth-order valence-electron chi connectivity index (χ4n) is 3.79. The highest BCUT2D eigenvalue weighted by Gasteiger charge is 2.28. The first-order valence-electron chi connectivity index (χ1n) is 9.01. The average molecular weight is 358 g/mol. The minimum Gasteiger partial charge on any atom is -0.356 e. The highest BCUT2D eigenvalue weighted by Crippen LogP contribution is 2.20. The summed E-state index contributed by atoms with van der Waals surface area (Å²) in [4.78, 5) is 41.2. The number of carbonyl (C=O) groups excluding carboxylic acids is 1. The Kier molecular flexibility index (Phi) is 4.14. The summed E-state index contributed by atoms with van der Waals surface area (Å²) in [5.74, 6) is 0.405. The minimum atomic E-state index is -0.405. The minimum absolute atomic E-state index is 0.0310. The molecular formula is C17H22N6O3. The molecule has 1 saturated heterocycles. The normalized spacial score (nSPS) is 19.0. The predicted octanol–water partition coefficient (Wildman–Crippen LogP) is -0.292. The van der Waals surface area contributed by atoms with E-state index in [2.05, 4.69) is 15.4 Å². The molecule has 1 atom stereocenters. The van der Waals surface area contributed by atoms with Crippen molar-refractivity contribution in [3.8, 4) is 0 Å². The largest absolute Gasteiger partial charge is 0.356 e. The Morgan fingerprint density at radius 3 is 3.00 bits per heavy atom. The molecule has 0 bridgehead atoms. The van der Waals surface area contributed by atoms with E-state index in [1.165, 1.54) is 6.07 Å². The Morgan fingerprint density at radius 2 is 2.23 bits per heavy atom. The Hall–Kier alpha value is -2.84. The molecule has 0 radical (unpaired) electrons. The lowest BCUT2D eigenvalue weighted by molar-refractivity contribution is 0.0939. The Balaban J connectivity index is 1.45. The lowest BCUT2D eigenvalue weighted by Crippen LogP contribution is -2.39. The molecule has 0 saturated carbocycles. The Morgan fingerprint density at radius 1 is 1.38 bits per heavy atom. The zero-order valence-corrected chi connectivity index (χ0v) is 14.7. The van der Waals surface area contributed by atoms with E-state index in [-0.39, 0.29) is 17.5 Å². The van der Waals surface area contributed by atoms with E-state index in [0.717, 1.165) is 36.1 Å². The fourth-order valence-corrected chi connectivity index (χ4v) is 3.79. The molecule has 138 valence electrons. The van der Waals surface area contributed by atoms with Crippen LogP contribution in [0.5, 0.6) is 0 Å². The summed E-state index contributed by atoms with van der Waals surface area (Å²) in [6.07, 6.45) is 4.30. The number of nitrogens with one attached hydrogen (secondary N) is 2. The summed E-state index contributed by atoms with van der Waals surface area (Å²) < 4.78 is 3.04. The lowest BCUT2D eigenvalue weighted by atomic mass is 10.1. The molecule has 2 aromatic rings. The number of rotatable bonds is 4. The van der Waals surface area contributed by atoms with Gasteiger partial charge >= 0.3 is 5.69 Å². The van der Waals surface area contributed by atoms with Crippen molar-refractivity contribution in [3.63, 3.8) is 0 Å². The van der Waals surface area contributed by atoms with E-state index in [0.29, 0.717) is 31.0 Å². The van der Waals surface area contributed by atoms with Crippen LogP contribution < -0.4 is 21.5 Å². The van der Waals surface area contributed by atoms with Gasteiger partial charge in [-0.05, 0) is 26.2 Å². The van der Waals surface area contributed by atoms with Crippen LogP contribution in [0.15, 0.2) is 21.9 Å². The van der Waals surface area contributed by atoms with Crippen molar-refractivity contribution in [2.24, 2.45) is 0 Å². The van der Waals surface area contributed by atoms with Crippen LogP contribution in [0.2, 0.25) is 0 Å². The first-order valence-corrected chi connectivity index (χ1v) is 9.01. The topological polar surface area (TPSA) is 105 Å². The molecule has 2 aromatic heterocycles. The molecule has 1 fully saturated rings. The van der Waals surface area contributed by atoms with Crippen molar-refractivity contribution in [1.82, 2.24) is 24.6 Å². The number of aromatic nitrogens is 4. The third-order valence-electron chi connectivity index (χ3n) is 5.16. The van der Waals surface area contributed by atoms with Gasteiger partial charge in [-0.3, -0.25) is 23.8 Å². The molecule has 0 unspecified atom stereocenters. The third-order valence-corrected chi connectivity index (χ3v) is 5.16. The summed E-state index contributed by atoms with van der Waals surface area (Å²) >= 11 is 0. The number of anilines is 1. The van der Waals surface area contributed by atoms with Gasteiger partial charge in [0, 0.05) is 38.3 Å². The smallest absolute Gasteiger partial charge is 0.329 e. The van der Waals surface area contributed by atoms with Crippen molar-refractivity contribution in [2.45, 2.75) is 45.3 Å². The average Bonchev–Trinajstić information content (AvgIpc) is 3.30. The van der Waals surface area contributed by atoms with Crippen LogP contribution >= 0.6 is 0 Å². The first kappa shape index (κ1) is 16.6. The monoisotopic (exact) mass is 358 g/mol. The van der Waals surface area contributed by atoms with Crippen molar-refractivity contribution in [1.29, 1.82) is 0 Å². The van der Waals surface area contributed by atoms with Gasteiger partial charge in [-0.1, -0.05) is 0 Å². The molecule has 9 nitrogen and oxygen atoms in total. The van der Waals surface area contributed by atoms with Gasteiger partial charge in [0.25, 0.3) is 11.5 Å². The zero-order valence-electron chi connectivity index (χ0n) is 14.7. The van der Waals surface area contributed by atoms with Crippen LogP contribution in [0.3, 0.4) is 0 Å². The maximum atomic E-state index is 12.6. The molecule has 2 aliphatic heterocycles. The first-order chi connectivity index (χ1) is 12.6. The fraction of sp³-hybridized carbons (Fsp3) is 0.529. The van der Waals surface area contributed by atoms with Crippen LogP contribution in [-0.2, 0) is 19.5 Å². The van der Waals surface area contributed by atoms with E-state index in [1.807, 2.05) is 9.58 Å². The molecule has 1 amide bonds. The number of amides is 1. The zero-order chi connectivity index (χ0) is 18.3. The number of hydrogen-bond acceptors (Lipinski definition) is 5. The number of nitrogens with zero attached hydrogens (tertiary/aromatic N) is 4. The quantitative estimate of drug-likeness (QED) is 0.781. The number of H-pyrrole nitrogens is 1. The predicted molar refractivity (Wildman–Crippen MR) is 95.6 cm³/mol. The molecule has 0 spiro atoms. The number of fused-ring (bicyclic) bond motifs is 1. The number of aryl methyl sites for hydroxylation is 1. The Labute approximate surface area is 149 Å². The van der Waals surface area contributed by atoms with Gasteiger partial charge in [-0.25, -0.2) is 4.79 Å². The number of carbonyl (C=O) groups is 1. The van der Waals surface area contributed by atoms with E-state index in [1.54, 1.807) is 13.1 Å². The van der Waals surface area contributed by atoms with Crippen molar-refractivity contribution in [2.75, 3.05) is 18.0 Å². The van der Waals surface area contributed by atoms with E-state index in [9.17, 15) is 14.4 Å². The maximum absolute atomic E-state index is 12.6. The van der Waals surface area contributed by atoms with Crippen LogP contribution in [0.1, 0.15) is 35.8 Å². The molecule has 26 heavy (non-hydrogen) atoms. The van der Waals surface area contributed by atoms with Crippen LogP contribution in [0.25, 0.3) is 0 Å². The van der Waals surface area contributed by atoms with Crippen LogP contribution in [0.4, 0.5) is 5.82 Å². The molecule has 2 aliphatic rings. The molecule has 0 aromatic carbocycles. The Bertz CT molecular complexity index is 925.